The van der Waals surface area contributed by atoms with E-state index < -0.39 is 23.3 Å². The van der Waals surface area contributed by atoms with Gasteiger partial charge in [-0.25, -0.2) is 56.7 Å². The minimum absolute atomic E-state index is 0.0372. The Balaban J connectivity index is 0.000000152. The molecule has 4 aromatic heterocycles. The summed E-state index contributed by atoms with van der Waals surface area (Å²) in [7, 11) is 0. The lowest BCUT2D eigenvalue weighted by Crippen LogP contribution is -2.10. The van der Waals surface area contributed by atoms with E-state index in [0.29, 0.717) is 36.8 Å². The summed E-state index contributed by atoms with van der Waals surface area (Å²) in [4.78, 5) is 0. The van der Waals surface area contributed by atoms with Gasteiger partial charge in [0.2, 0.25) is 19.1 Å². The number of benzene rings is 4. The van der Waals surface area contributed by atoms with Crippen LogP contribution >= 0.6 is 99.6 Å². The molecule has 8 rings (SSSR count). The van der Waals surface area contributed by atoms with E-state index in [2.05, 4.69) is 56.7 Å². The molecule has 0 amide bonds. The number of aromatic nitrogens is 12. The highest BCUT2D eigenvalue weighted by molar-refractivity contribution is 9.10. The molecule has 0 fully saturated rings. The van der Waals surface area contributed by atoms with Crippen LogP contribution in [0.3, 0.4) is 0 Å². The summed E-state index contributed by atoms with van der Waals surface area (Å²) in [6, 6.07) is 16.8. The van der Waals surface area contributed by atoms with Crippen molar-refractivity contribution in [3.63, 3.8) is 0 Å². The average molecular weight is 1020 g/mol. The molecule has 28 heteroatoms. The van der Waals surface area contributed by atoms with Crippen LogP contribution in [-0.2, 0) is 0 Å². The highest BCUT2D eigenvalue weighted by Gasteiger charge is 2.15. The van der Waals surface area contributed by atoms with Gasteiger partial charge < -0.3 is 23.4 Å². The summed E-state index contributed by atoms with van der Waals surface area (Å²) in [5.74, 6) is 21.3. The molecule has 0 aliphatic rings. The second-order valence-corrected chi connectivity index (χ2v) is 15.2. The van der Waals surface area contributed by atoms with Crippen molar-refractivity contribution in [3.8, 4) is 45.6 Å². The van der Waals surface area contributed by atoms with Gasteiger partial charge >= 0.3 is 0 Å². The fourth-order valence-electron chi connectivity index (χ4n) is 4.68. The summed E-state index contributed by atoms with van der Waals surface area (Å²) in [6.07, 6.45) is 0. The second-order valence-electron chi connectivity index (χ2n) is 11.4. The van der Waals surface area contributed by atoms with Crippen molar-refractivity contribution in [1.82, 2.24) is 59.5 Å². The average Bonchev–Trinajstić information content (AvgIpc) is 3.93. The van der Waals surface area contributed by atoms with Crippen molar-refractivity contribution < 1.29 is 17.6 Å². The maximum Gasteiger partial charge on any atom is 0.214 e. The molecule has 0 unspecified atom stereocenters. The monoisotopic (exact) mass is 1020 g/mol. The molecule has 0 aliphatic heterocycles. The SMILES string of the molecule is Nn1c(-c2cc(Br)ccc2F)n[nH]c1=S.Nn1c(-c2cc(Cl)cc(Cl)c2)n[nH]c1=S.Nn1c(-c2cc(F)ccc2F)n[nH]c1=S.Nn1c(-c2ccc(Cl)cc2F)n[nH]c1=S. The zero-order valence-corrected chi connectivity index (χ0v) is 36.6. The Kier molecular flexibility index (Phi) is 15.0. The van der Waals surface area contributed by atoms with Gasteiger partial charge in [-0.3, -0.25) is 0 Å². The summed E-state index contributed by atoms with van der Waals surface area (Å²) in [6.45, 7) is 0. The number of nitrogens with two attached hydrogens (primary N) is 4. The lowest BCUT2D eigenvalue weighted by molar-refractivity contribution is 0.601. The number of nitrogens with zero attached hydrogens (tertiary/aromatic N) is 8. The number of nitrogens with one attached hydrogen (secondary N) is 4. The standard InChI is InChI=1S/C8H6BrFN4S.C8H6Cl2N4S.C8H6ClFN4S.C8H6F2N4S/c9-4-1-2-6(10)5(3-4)7-12-13-8(15)14(7)11;9-5-1-4(2-6(10)3-5)7-12-13-8(15)14(7)11;9-4-1-2-5(6(10)3-4)7-12-13-8(15)14(7)11;9-4-1-2-6(10)5(3-4)7-12-13-8(15)14(7)11/h4*1-3H,11H2,(H,13,15). The van der Waals surface area contributed by atoms with E-state index in [1.54, 1.807) is 36.4 Å². The van der Waals surface area contributed by atoms with Gasteiger partial charge in [0, 0.05) is 25.1 Å². The number of hydrogen-bond donors (Lipinski definition) is 8. The molecule has 4 aromatic carbocycles. The number of H-pyrrole nitrogens is 4. The number of nitrogen functional groups attached to an aromatic ring is 4. The maximum atomic E-state index is 13.5. The van der Waals surface area contributed by atoms with E-state index in [4.69, 9.17) is 107 Å². The van der Waals surface area contributed by atoms with E-state index in [9.17, 15) is 17.6 Å². The van der Waals surface area contributed by atoms with Crippen LogP contribution in [0, 0.1) is 42.4 Å². The first-order valence-electron chi connectivity index (χ1n) is 15.9. The molecule has 8 aromatic rings. The van der Waals surface area contributed by atoms with Gasteiger partial charge in [-0.1, -0.05) is 50.7 Å². The van der Waals surface area contributed by atoms with Gasteiger partial charge in [-0.05, 0) is 122 Å². The molecule has 4 heterocycles. The summed E-state index contributed by atoms with van der Waals surface area (Å²) in [5.41, 5.74) is 1.21. The van der Waals surface area contributed by atoms with Gasteiger partial charge in [0.15, 0.2) is 23.3 Å². The van der Waals surface area contributed by atoms with E-state index in [-0.39, 0.29) is 42.9 Å². The first-order valence-corrected chi connectivity index (χ1v) is 19.4. The third-order valence-electron chi connectivity index (χ3n) is 7.45. The highest BCUT2D eigenvalue weighted by atomic mass is 79.9. The molecule has 60 heavy (non-hydrogen) atoms. The van der Waals surface area contributed by atoms with E-state index in [1.807, 2.05) is 0 Å². The van der Waals surface area contributed by atoms with E-state index >= 15 is 0 Å². The van der Waals surface area contributed by atoms with Gasteiger partial charge in [0.05, 0.1) is 16.7 Å². The normalized spacial score (nSPS) is 10.5. The Morgan fingerprint density at radius 1 is 0.467 bits per heavy atom. The fraction of sp³-hybridized carbons (Fsp3) is 0. The Bertz CT molecular complexity index is 2940. The van der Waals surface area contributed by atoms with E-state index in [0.717, 1.165) is 36.7 Å². The lowest BCUT2D eigenvalue weighted by Gasteiger charge is -2.02. The van der Waals surface area contributed by atoms with Crippen molar-refractivity contribution in [2.24, 2.45) is 0 Å². The molecule has 0 atom stereocenters. The third kappa shape index (κ3) is 10.8. The predicted octanol–water partition coefficient (Wildman–Crippen LogP) is 8.57. The van der Waals surface area contributed by atoms with Crippen molar-refractivity contribution in [1.29, 1.82) is 0 Å². The van der Waals surface area contributed by atoms with Crippen molar-refractivity contribution in [2.75, 3.05) is 23.4 Å². The fourth-order valence-corrected chi connectivity index (χ4v) is 6.26. The first kappa shape index (κ1) is 45.7. The van der Waals surface area contributed by atoms with Crippen LogP contribution in [0.15, 0.2) is 77.3 Å². The lowest BCUT2D eigenvalue weighted by atomic mass is 10.2. The smallest absolute Gasteiger partial charge is 0.214 e. The van der Waals surface area contributed by atoms with Gasteiger partial charge in [-0.2, -0.15) is 20.4 Å². The zero-order valence-electron chi connectivity index (χ0n) is 29.5. The van der Waals surface area contributed by atoms with Crippen LogP contribution in [0.25, 0.3) is 45.6 Å². The topological polar surface area (TPSA) is 239 Å². The van der Waals surface area contributed by atoms with Gasteiger partial charge in [-0.15, -0.1) is 0 Å². The first-order chi connectivity index (χ1) is 28.4. The molecule has 0 radical (unpaired) electrons. The van der Waals surface area contributed by atoms with Crippen LogP contribution in [0.1, 0.15) is 0 Å². The summed E-state index contributed by atoms with van der Waals surface area (Å²) >= 11 is 39.9. The van der Waals surface area contributed by atoms with Gasteiger partial charge in [0.1, 0.15) is 23.3 Å². The molecule has 0 spiro atoms. The van der Waals surface area contributed by atoms with Crippen LogP contribution < -0.4 is 23.4 Å². The molecule has 312 valence electrons. The number of aromatic amines is 4. The number of rotatable bonds is 4. The molecular weight excluding hydrogens is 999 g/mol. The third-order valence-corrected chi connectivity index (χ3v) is 9.77. The molecular formula is C32H24BrCl3F4N16S4. The Morgan fingerprint density at radius 2 is 0.883 bits per heavy atom. The predicted molar refractivity (Wildman–Crippen MR) is 235 cm³/mol. The van der Waals surface area contributed by atoms with Gasteiger partial charge in [0.25, 0.3) is 0 Å². The van der Waals surface area contributed by atoms with Crippen LogP contribution in [0.2, 0.25) is 15.1 Å². The van der Waals surface area contributed by atoms with Crippen molar-refractivity contribution >= 4 is 99.6 Å². The number of hydrogen-bond acceptors (Lipinski definition) is 12. The molecule has 0 aliphatic carbocycles. The molecule has 0 saturated carbocycles. The Labute approximate surface area is 377 Å². The Morgan fingerprint density at radius 3 is 1.32 bits per heavy atom. The van der Waals surface area contributed by atoms with Crippen LogP contribution in [0.4, 0.5) is 17.6 Å². The van der Waals surface area contributed by atoms with Crippen LogP contribution in [-0.4, -0.2) is 59.5 Å². The maximum absolute atomic E-state index is 13.5. The molecule has 0 bridgehead atoms. The quantitative estimate of drug-likeness (QED) is 0.0470. The molecule has 12 N–H and O–H groups in total. The largest absolute Gasteiger partial charge is 0.335 e. The minimum atomic E-state index is -0.614. The minimum Gasteiger partial charge on any atom is -0.335 e. The summed E-state index contributed by atoms with van der Waals surface area (Å²) in [5, 5.41) is 26.6. The van der Waals surface area contributed by atoms with Crippen molar-refractivity contribution in [2.45, 2.75) is 0 Å². The van der Waals surface area contributed by atoms with Crippen molar-refractivity contribution in [3.05, 3.63) is 135 Å². The van der Waals surface area contributed by atoms with Crippen LogP contribution in [0.5, 0.6) is 0 Å². The second kappa shape index (κ2) is 19.8. The zero-order chi connectivity index (χ0) is 44.0. The highest BCUT2D eigenvalue weighted by Crippen LogP contribution is 2.27. The summed E-state index contributed by atoms with van der Waals surface area (Å²) < 4.78 is 59.3. The Hall–Kier alpha value is -5.41. The van der Waals surface area contributed by atoms with E-state index in [1.165, 1.54) is 22.9 Å². The molecule has 0 saturated heterocycles. The molecule has 16 nitrogen and oxygen atoms in total. The number of halogens is 8.